The molecule has 0 radical (unpaired) electrons. The Bertz CT molecular complexity index is 453. The third kappa shape index (κ3) is 3.96. The van der Waals surface area contributed by atoms with Crippen molar-refractivity contribution in [2.45, 2.75) is 57.7 Å². The fourth-order valence-electron chi connectivity index (χ4n) is 2.38. The zero-order valence-electron chi connectivity index (χ0n) is 11.5. The lowest BCUT2D eigenvalue weighted by Crippen LogP contribution is -2.41. The van der Waals surface area contributed by atoms with Gasteiger partial charge in [0.1, 0.15) is 5.60 Å². The molecule has 1 aliphatic rings. The number of carbonyl (C=O) groups is 1. The van der Waals surface area contributed by atoms with Gasteiger partial charge in [-0.15, -0.1) is 0 Å². The molecule has 1 heterocycles. The van der Waals surface area contributed by atoms with Crippen LogP contribution in [0.25, 0.3) is 0 Å². The van der Waals surface area contributed by atoms with Gasteiger partial charge in [0.05, 0.1) is 22.8 Å². The number of hydrogen-bond donors (Lipinski definition) is 1. The van der Waals surface area contributed by atoms with E-state index in [0.29, 0.717) is 0 Å². The molecule has 0 saturated heterocycles. The molecule has 1 N–H and O–H groups in total. The van der Waals surface area contributed by atoms with Crippen LogP contribution in [0.15, 0.2) is 16.9 Å². The summed E-state index contributed by atoms with van der Waals surface area (Å²) in [6.07, 6.45) is 6.43. The van der Waals surface area contributed by atoms with E-state index >= 15 is 0 Å². The van der Waals surface area contributed by atoms with E-state index < -0.39 is 5.60 Å². The molecule has 1 amide bonds. The lowest BCUT2D eigenvalue weighted by molar-refractivity contribution is 0.0493. The minimum Gasteiger partial charge on any atom is -0.444 e. The minimum atomic E-state index is -0.465. The molecule has 19 heavy (non-hydrogen) atoms. The van der Waals surface area contributed by atoms with Crippen LogP contribution in [-0.2, 0) is 4.74 Å². The summed E-state index contributed by atoms with van der Waals surface area (Å²) in [5.74, 6) is 0. The van der Waals surface area contributed by atoms with Crippen molar-refractivity contribution in [2.24, 2.45) is 0 Å². The molecule has 2 atom stereocenters. The van der Waals surface area contributed by atoms with Gasteiger partial charge in [0, 0.05) is 6.20 Å². The number of nitrogens with zero attached hydrogens (tertiary/aromatic N) is 2. The fraction of sp³-hybridized carbons (Fsp3) is 0.692. The number of aromatic nitrogens is 2. The van der Waals surface area contributed by atoms with Crippen molar-refractivity contribution in [3.05, 3.63) is 16.9 Å². The third-order valence-corrected chi connectivity index (χ3v) is 3.50. The molecule has 5 nitrogen and oxygen atoms in total. The van der Waals surface area contributed by atoms with Crippen molar-refractivity contribution in [1.29, 1.82) is 0 Å². The molecule has 106 valence electrons. The molecular weight excluding hydrogens is 310 g/mol. The second-order valence-electron chi connectivity index (χ2n) is 5.89. The normalized spacial score (nSPS) is 23.4. The number of carbonyl (C=O) groups excluding carboxylic acids is 1. The average Bonchev–Trinajstić information content (AvgIpc) is 2.83. The van der Waals surface area contributed by atoms with Crippen molar-refractivity contribution in [3.8, 4) is 0 Å². The first-order valence-corrected chi connectivity index (χ1v) is 7.33. The zero-order valence-corrected chi connectivity index (χ0v) is 13.1. The summed E-state index contributed by atoms with van der Waals surface area (Å²) in [4.78, 5) is 11.8. The maximum absolute atomic E-state index is 11.8. The minimum absolute atomic E-state index is 0.0849. The lowest BCUT2D eigenvalue weighted by atomic mass is 10.2. The van der Waals surface area contributed by atoms with Gasteiger partial charge >= 0.3 is 6.09 Å². The van der Waals surface area contributed by atoms with E-state index in [1.165, 1.54) is 0 Å². The largest absolute Gasteiger partial charge is 0.444 e. The van der Waals surface area contributed by atoms with Gasteiger partial charge in [-0.1, -0.05) is 0 Å². The highest BCUT2D eigenvalue weighted by molar-refractivity contribution is 9.10. The van der Waals surface area contributed by atoms with Crippen molar-refractivity contribution >= 4 is 22.0 Å². The van der Waals surface area contributed by atoms with Gasteiger partial charge in [-0.3, -0.25) is 4.68 Å². The van der Waals surface area contributed by atoms with Crippen LogP contribution in [0.3, 0.4) is 0 Å². The van der Waals surface area contributed by atoms with Crippen LogP contribution >= 0.6 is 15.9 Å². The molecule has 0 unspecified atom stereocenters. The SMILES string of the molecule is CC(C)(C)OC(=O)N[C@H]1CCC[C@H]1n1cc(Br)cn1. The van der Waals surface area contributed by atoms with Crippen LogP contribution in [0.2, 0.25) is 0 Å². The topological polar surface area (TPSA) is 56.1 Å². The molecule has 1 fully saturated rings. The second-order valence-corrected chi connectivity index (χ2v) is 6.81. The summed E-state index contributed by atoms with van der Waals surface area (Å²) in [6.45, 7) is 5.59. The van der Waals surface area contributed by atoms with E-state index in [2.05, 4.69) is 26.3 Å². The molecule has 2 rings (SSSR count). The van der Waals surface area contributed by atoms with E-state index in [1.807, 2.05) is 31.6 Å². The van der Waals surface area contributed by atoms with Crippen LogP contribution in [-0.4, -0.2) is 27.5 Å². The summed E-state index contributed by atoms with van der Waals surface area (Å²) in [7, 11) is 0. The summed E-state index contributed by atoms with van der Waals surface area (Å²) in [5, 5.41) is 7.26. The van der Waals surface area contributed by atoms with Gasteiger partial charge in [0.2, 0.25) is 0 Å². The van der Waals surface area contributed by atoms with Crippen LogP contribution in [0.5, 0.6) is 0 Å². The Balaban J connectivity index is 1.98. The number of alkyl carbamates (subject to hydrolysis) is 1. The van der Waals surface area contributed by atoms with Gasteiger partial charge in [0.15, 0.2) is 0 Å². The van der Waals surface area contributed by atoms with Crippen molar-refractivity contribution in [3.63, 3.8) is 0 Å². The predicted molar refractivity (Wildman–Crippen MR) is 76.0 cm³/mol. The van der Waals surface area contributed by atoms with E-state index in [-0.39, 0.29) is 18.2 Å². The Morgan fingerprint density at radius 1 is 1.53 bits per heavy atom. The smallest absolute Gasteiger partial charge is 0.407 e. The maximum Gasteiger partial charge on any atom is 0.407 e. The standard InChI is InChI=1S/C13H20BrN3O2/c1-13(2,3)19-12(18)16-10-5-4-6-11(10)17-8-9(14)7-15-17/h7-8,10-11H,4-6H2,1-3H3,(H,16,18)/t10-,11+/m0/s1. The number of ether oxygens (including phenoxy) is 1. The molecule has 1 aliphatic carbocycles. The molecule has 0 spiro atoms. The maximum atomic E-state index is 11.8. The number of nitrogens with one attached hydrogen (secondary N) is 1. The van der Waals surface area contributed by atoms with Crippen molar-refractivity contribution in [1.82, 2.24) is 15.1 Å². The lowest BCUT2D eigenvalue weighted by Gasteiger charge is -2.24. The van der Waals surface area contributed by atoms with E-state index in [9.17, 15) is 4.79 Å². The molecule has 1 aromatic rings. The third-order valence-electron chi connectivity index (χ3n) is 3.09. The van der Waals surface area contributed by atoms with E-state index in [0.717, 1.165) is 23.7 Å². The zero-order chi connectivity index (χ0) is 14.0. The summed E-state index contributed by atoms with van der Waals surface area (Å²) in [5.41, 5.74) is -0.465. The molecule has 0 aliphatic heterocycles. The van der Waals surface area contributed by atoms with Gasteiger partial charge in [-0.05, 0) is 56.0 Å². The molecule has 0 bridgehead atoms. The molecular formula is C13H20BrN3O2. The fourth-order valence-corrected chi connectivity index (χ4v) is 2.68. The second kappa shape index (κ2) is 5.53. The first-order valence-electron chi connectivity index (χ1n) is 6.54. The number of halogens is 1. The van der Waals surface area contributed by atoms with Gasteiger partial charge in [-0.2, -0.15) is 5.10 Å². The molecule has 0 aromatic carbocycles. The highest BCUT2D eigenvalue weighted by Gasteiger charge is 2.31. The summed E-state index contributed by atoms with van der Waals surface area (Å²) >= 11 is 3.39. The summed E-state index contributed by atoms with van der Waals surface area (Å²) in [6, 6.07) is 0.292. The van der Waals surface area contributed by atoms with Crippen molar-refractivity contribution < 1.29 is 9.53 Å². The Morgan fingerprint density at radius 3 is 2.84 bits per heavy atom. The highest BCUT2D eigenvalue weighted by Crippen LogP contribution is 2.30. The Hall–Kier alpha value is -1.04. The van der Waals surface area contributed by atoms with Gasteiger partial charge < -0.3 is 10.1 Å². The van der Waals surface area contributed by atoms with E-state index in [4.69, 9.17) is 4.74 Å². The van der Waals surface area contributed by atoms with E-state index in [1.54, 1.807) is 6.20 Å². The van der Waals surface area contributed by atoms with Gasteiger partial charge in [0.25, 0.3) is 0 Å². The average molecular weight is 330 g/mol. The first-order chi connectivity index (χ1) is 8.85. The Kier molecular flexibility index (Phi) is 4.18. The molecule has 1 saturated carbocycles. The van der Waals surface area contributed by atoms with Crippen LogP contribution in [0, 0.1) is 0 Å². The Labute approximate surface area is 121 Å². The van der Waals surface area contributed by atoms with Crippen LogP contribution in [0.4, 0.5) is 4.79 Å². The highest BCUT2D eigenvalue weighted by atomic mass is 79.9. The number of rotatable bonds is 2. The Morgan fingerprint density at radius 2 is 2.26 bits per heavy atom. The monoisotopic (exact) mass is 329 g/mol. The van der Waals surface area contributed by atoms with Gasteiger partial charge in [-0.25, -0.2) is 4.79 Å². The molecule has 1 aromatic heterocycles. The predicted octanol–water partition coefficient (Wildman–Crippen LogP) is 3.26. The van der Waals surface area contributed by atoms with Crippen LogP contribution in [0.1, 0.15) is 46.1 Å². The van der Waals surface area contributed by atoms with Crippen molar-refractivity contribution in [2.75, 3.05) is 0 Å². The van der Waals surface area contributed by atoms with Crippen LogP contribution < -0.4 is 5.32 Å². The quantitative estimate of drug-likeness (QED) is 0.905. The number of amides is 1. The molecule has 6 heteroatoms. The number of hydrogen-bond acceptors (Lipinski definition) is 3. The summed E-state index contributed by atoms with van der Waals surface area (Å²) < 4.78 is 8.17. The first kappa shape index (κ1) is 14.4.